The number of hydrogen-bond donors (Lipinski definition) is 2. The van der Waals surface area contributed by atoms with Gasteiger partial charge in [-0.05, 0) is 37.5 Å². The predicted molar refractivity (Wildman–Crippen MR) is 70.4 cm³/mol. The number of hydrazine groups is 1. The third-order valence-electron chi connectivity index (χ3n) is 2.36. The molecule has 0 radical (unpaired) electrons. The molecule has 100 valence electrons. The number of nitrogens with two attached hydrogens (primary N) is 1. The van der Waals surface area contributed by atoms with Crippen molar-refractivity contribution < 1.29 is 13.9 Å². The quantitative estimate of drug-likeness (QED) is 0.351. The maximum atomic E-state index is 13.3. The van der Waals surface area contributed by atoms with Crippen molar-refractivity contribution in [3.63, 3.8) is 0 Å². The Hall–Kier alpha value is -1.14. The van der Waals surface area contributed by atoms with E-state index in [1.165, 1.54) is 6.07 Å². The molecule has 3 N–H and O–H groups in total. The summed E-state index contributed by atoms with van der Waals surface area (Å²) in [6.07, 6.45) is 2.75. The SMILES string of the molecule is NNC(=O)CCCCCOc1cc(Br)ccc1F. The molecular weight excluding hydrogens is 303 g/mol. The second-order valence-corrected chi connectivity index (χ2v) is 4.72. The molecule has 0 aromatic heterocycles. The Morgan fingerprint density at radius 1 is 1.39 bits per heavy atom. The molecule has 0 saturated heterocycles. The van der Waals surface area contributed by atoms with Gasteiger partial charge in [0.05, 0.1) is 6.61 Å². The van der Waals surface area contributed by atoms with Crippen molar-refractivity contribution in [1.29, 1.82) is 0 Å². The van der Waals surface area contributed by atoms with Gasteiger partial charge in [-0.2, -0.15) is 0 Å². The highest BCUT2D eigenvalue weighted by molar-refractivity contribution is 9.10. The number of benzene rings is 1. The molecule has 1 rings (SSSR count). The van der Waals surface area contributed by atoms with Crippen LogP contribution in [0.25, 0.3) is 0 Å². The average molecular weight is 319 g/mol. The average Bonchev–Trinajstić information content (AvgIpc) is 2.37. The van der Waals surface area contributed by atoms with Crippen molar-refractivity contribution in [2.45, 2.75) is 25.7 Å². The van der Waals surface area contributed by atoms with Crippen LogP contribution in [-0.2, 0) is 4.79 Å². The molecule has 0 spiro atoms. The van der Waals surface area contributed by atoms with E-state index in [1.807, 2.05) is 0 Å². The number of ether oxygens (including phenoxy) is 1. The lowest BCUT2D eigenvalue weighted by atomic mass is 10.2. The summed E-state index contributed by atoms with van der Waals surface area (Å²) < 4.78 is 19.4. The van der Waals surface area contributed by atoms with Gasteiger partial charge in [-0.3, -0.25) is 10.2 Å². The Bertz CT molecular complexity index is 402. The van der Waals surface area contributed by atoms with Crippen LogP contribution in [0.2, 0.25) is 0 Å². The Morgan fingerprint density at radius 2 is 2.17 bits per heavy atom. The van der Waals surface area contributed by atoms with Gasteiger partial charge >= 0.3 is 0 Å². The molecule has 4 nitrogen and oxygen atoms in total. The number of unbranched alkanes of at least 4 members (excludes halogenated alkanes) is 2. The highest BCUT2D eigenvalue weighted by Crippen LogP contribution is 2.22. The Morgan fingerprint density at radius 3 is 2.89 bits per heavy atom. The highest BCUT2D eigenvalue weighted by atomic mass is 79.9. The molecule has 6 heteroatoms. The molecule has 0 heterocycles. The maximum Gasteiger partial charge on any atom is 0.233 e. The van der Waals surface area contributed by atoms with Gasteiger partial charge < -0.3 is 4.74 Å². The lowest BCUT2D eigenvalue weighted by Gasteiger charge is -2.07. The fourth-order valence-electron chi connectivity index (χ4n) is 1.41. The zero-order valence-electron chi connectivity index (χ0n) is 9.92. The van der Waals surface area contributed by atoms with Gasteiger partial charge in [0.2, 0.25) is 5.91 Å². The van der Waals surface area contributed by atoms with Crippen LogP contribution in [0.5, 0.6) is 5.75 Å². The summed E-state index contributed by atoms with van der Waals surface area (Å²) in [5.41, 5.74) is 2.07. The fraction of sp³-hybridized carbons (Fsp3) is 0.417. The second kappa shape index (κ2) is 8.05. The van der Waals surface area contributed by atoms with E-state index >= 15 is 0 Å². The first-order chi connectivity index (χ1) is 8.63. The van der Waals surface area contributed by atoms with Gasteiger partial charge in [0.15, 0.2) is 11.6 Å². The normalized spacial score (nSPS) is 10.2. The van der Waals surface area contributed by atoms with Crippen LogP contribution in [0.15, 0.2) is 22.7 Å². The second-order valence-electron chi connectivity index (χ2n) is 3.80. The molecule has 0 unspecified atom stereocenters. The zero-order chi connectivity index (χ0) is 13.4. The number of carbonyl (C=O) groups excluding carboxylic acids is 1. The van der Waals surface area contributed by atoms with Gasteiger partial charge in [0, 0.05) is 10.9 Å². The van der Waals surface area contributed by atoms with E-state index in [1.54, 1.807) is 12.1 Å². The fourth-order valence-corrected chi connectivity index (χ4v) is 1.75. The molecule has 0 aliphatic heterocycles. The van der Waals surface area contributed by atoms with E-state index < -0.39 is 0 Å². The van der Waals surface area contributed by atoms with E-state index in [-0.39, 0.29) is 17.5 Å². The van der Waals surface area contributed by atoms with Crippen LogP contribution in [-0.4, -0.2) is 12.5 Å². The maximum absolute atomic E-state index is 13.3. The summed E-state index contributed by atoms with van der Waals surface area (Å²) in [4.78, 5) is 10.8. The molecule has 1 aromatic carbocycles. The van der Waals surface area contributed by atoms with Gasteiger partial charge in [-0.25, -0.2) is 10.2 Å². The topological polar surface area (TPSA) is 64.3 Å². The third-order valence-corrected chi connectivity index (χ3v) is 2.85. The highest BCUT2D eigenvalue weighted by Gasteiger charge is 2.03. The minimum atomic E-state index is -0.374. The molecule has 18 heavy (non-hydrogen) atoms. The number of carbonyl (C=O) groups is 1. The van der Waals surface area contributed by atoms with Crippen molar-refractivity contribution in [3.8, 4) is 5.75 Å². The van der Waals surface area contributed by atoms with Gasteiger partial charge in [-0.1, -0.05) is 15.9 Å². The molecule has 1 aromatic rings. The lowest BCUT2D eigenvalue weighted by Crippen LogP contribution is -2.29. The number of halogens is 2. The smallest absolute Gasteiger partial charge is 0.233 e. The van der Waals surface area contributed by atoms with E-state index in [2.05, 4.69) is 21.4 Å². The van der Waals surface area contributed by atoms with Gasteiger partial charge in [0.25, 0.3) is 0 Å². The summed E-state index contributed by atoms with van der Waals surface area (Å²) in [6, 6.07) is 4.57. The number of nitrogens with one attached hydrogen (secondary N) is 1. The first-order valence-corrected chi connectivity index (χ1v) is 6.50. The van der Waals surface area contributed by atoms with Crippen molar-refractivity contribution in [3.05, 3.63) is 28.5 Å². The van der Waals surface area contributed by atoms with Crippen LogP contribution in [0.3, 0.4) is 0 Å². The summed E-state index contributed by atoms with van der Waals surface area (Å²) in [5, 5.41) is 0. The largest absolute Gasteiger partial charge is 0.490 e. The Kier molecular flexibility index (Phi) is 6.67. The molecule has 0 aliphatic rings. The number of amides is 1. The van der Waals surface area contributed by atoms with Crippen LogP contribution < -0.4 is 16.0 Å². The van der Waals surface area contributed by atoms with E-state index in [0.717, 1.165) is 23.7 Å². The van der Waals surface area contributed by atoms with Crippen LogP contribution in [0.4, 0.5) is 4.39 Å². The monoisotopic (exact) mass is 318 g/mol. The third kappa shape index (κ3) is 5.46. The summed E-state index contributed by atoms with van der Waals surface area (Å²) in [5.74, 6) is 4.64. The standard InChI is InChI=1S/C12H16BrFN2O2/c13-9-5-6-10(14)11(8-9)18-7-3-1-2-4-12(17)16-15/h5-6,8H,1-4,7,15H2,(H,16,17). The van der Waals surface area contributed by atoms with Crippen LogP contribution >= 0.6 is 15.9 Å². The van der Waals surface area contributed by atoms with E-state index in [9.17, 15) is 9.18 Å². The molecular formula is C12H16BrFN2O2. The summed E-state index contributed by atoms with van der Waals surface area (Å²) >= 11 is 3.25. The van der Waals surface area contributed by atoms with Crippen molar-refractivity contribution in [2.75, 3.05) is 6.61 Å². The number of hydrogen-bond acceptors (Lipinski definition) is 3. The minimum Gasteiger partial charge on any atom is -0.490 e. The summed E-state index contributed by atoms with van der Waals surface area (Å²) in [7, 11) is 0. The van der Waals surface area contributed by atoms with Crippen molar-refractivity contribution >= 4 is 21.8 Å². The first kappa shape index (κ1) is 14.9. The lowest BCUT2D eigenvalue weighted by molar-refractivity contribution is -0.121. The molecule has 1 amide bonds. The molecule has 0 fully saturated rings. The molecule has 0 atom stereocenters. The number of rotatable bonds is 7. The van der Waals surface area contributed by atoms with Crippen LogP contribution in [0.1, 0.15) is 25.7 Å². The zero-order valence-corrected chi connectivity index (χ0v) is 11.5. The molecule has 0 bridgehead atoms. The predicted octanol–water partition coefficient (Wildman–Crippen LogP) is 2.52. The van der Waals surface area contributed by atoms with Gasteiger partial charge in [-0.15, -0.1) is 0 Å². The van der Waals surface area contributed by atoms with Crippen LogP contribution in [0, 0.1) is 5.82 Å². The van der Waals surface area contributed by atoms with E-state index in [4.69, 9.17) is 10.6 Å². The Balaban J connectivity index is 2.18. The van der Waals surface area contributed by atoms with Gasteiger partial charge in [0.1, 0.15) is 0 Å². The van der Waals surface area contributed by atoms with E-state index in [0.29, 0.717) is 13.0 Å². The molecule has 0 saturated carbocycles. The Labute approximate surface area is 114 Å². The first-order valence-electron chi connectivity index (χ1n) is 5.71. The minimum absolute atomic E-state index is 0.172. The van der Waals surface area contributed by atoms with Crippen molar-refractivity contribution in [2.24, 2.45) is 5.84 Å². The molecule has 0 aliphatic carbocycles. The summed E-state index contributed by atoms with van der Waals surface area (Å²) in [6.45, 7) is 0.428. The van der Waals surface area contributed by atoms with Crippen molar-refractivity contribution in [1.82, 2.24) is 5.43 Å².